The van der Waals surface area contributed by atoms with Gasteiger partial charge in [0.2, 0.25) is 0 Å². The van der Waals surface area contributed by atoms with Crippen molar-refractivity contribution in [1.29, 1.82) is 0 Å². The molecular weight excluding hydrogens is 94.0 g/mol. The second-order valence-corrected chi connectivity index (χ2v) is 0.983. The summed E-state index contributed by atoms with van der Waals surface area (Å²) in [5.41, 5.74) is 4.78. The first-order chi connectivity index (χ1) is 3.18. The third-order valence-electron chi connectivity index (χ3n) is 0.446. The second kappa shape index (κ2) is 2.21. The van der Waals surface area contributed by atoms with Gasteiger partial charge in [-0.1, -0.05) is 5.92 Å². The lowest BCUT2D eigenvalue weighted by Crippen LogP contribution is -2.27. The molecule has 0 aromatic rings. The molecule has 0 saturated heterocycles. The van der Waals surface area contributed by atoms with Gasteiger partial charge in [0.05, 0.1) is 0 Å². The maximum Gasteiger partial charge on any atom is 0.333 e. The monoisotopic (exact) mass is 99.0 g/mol. The minimum absolute atomic E-state index is 1.15. The van der Waals surface area contributed by atoms with Crippen molar-refractivity contribution in [2.45, 2.75) is 6.04 Å². The first kappa shape index (κ1) is 5.99. The van der Waals surface area contributed by atoms with Crippen LogP contribution in [-0.4, -0.2) is 17.1 Å². The van der Waals surface area contributed by atoms with Crippen molar-refractivity contribution in [2.24, 2.45) is 5.73 Å². The Bertz CT molecular complexity index is 113. The molecule has 1 atom stereocenters. The van der Waals surface area contributed by atoms with Gasteiger partial charge in [-0.2, -0.15) is 0 Å². The molecule has 0 aliphatic rings. The summed E-state index contributed by atoms with van der Waals surface area (Å²) in [5, 5.41) is 7.91. The molecule has 0 heterocycles. The number of nitrogens with two attached hydrogens (primary N) is 1. The average Bonchev–Trinajstić information content (AvgIpc) is 1.65. The third-order valence-corrected chi connectivity index (χ3v) is 0.446. The SMILES string of the molecule is C#C[C@@H](N)C(=O)O. The van der Waals surface area contributed by atoms with Gasteiger partial charge in [-0.15, -0.1) is 6.42 Å². The van der Waals surface area contributed by atoms with Crippen LogP contribution in [0.25, 0.3) is 0 Å². The Morgan fingerprint density at radius 3 is 2.43 bits per heavy atom. The summed E-state index contributed by atoms with van der Waals surface area (Å²) in [5.74, 6) is 0.678. The van der Waals surface area contributed by atoms with Gasteiger partial charge in [0.1, 0.15) is 0 Å². The molecule has 0 aliphatic heterocycles. The van der Waals surface area contributed by atoms with Gasteiger partial charge in [-0.05, 0) is 0 Å². The number of rotatable bonds is 1. The van der Waals surface area contributed by atoms with Gasteiger partial charge in [-0.3, -0.25) is 0 Å². The van der Waals surface area contributed by atoms with Crippen LogP contribution in [0.5, 0.6) is 0 Å². The summed E-state index contributed by atoms with van der Waals surface area (Å²) < 4.78 is 0. The standard InChI is InChI=1S/C4H5NO2/c1-2-3(5)4(6)7/h1,3H,5H2,(H,6,7)/t3-/m1/s1. The Hall–Kier alpha value is -1.01. The fourth-order valence-corrected chi connectivity index (χ4v) is 0.0713. The molecule has 0 bridgehead atoms. The predicted molar refractivity (Wildman–Crippen MR) is 24.4 cm³/mol. The van der Waals surface area contributed by atoms with Crippen LogP contribution in [0.15, 0.2) is 0 Å². The van der Waals surface area contributed by atoms with Crippen molar-refractivity contribution >= 4 is 5.97 Å². The van der Waals surface area contributed by atoms with Crippen molar-refractivity contribution in [3.8, 4) is 12.3 Å². The highest BCUT2D eigenvalue weighted by Crippen LogP contribution is 1.69. The van der Waals surface area contributed by atoms with E-state index in [9.17, 15) is 4.79 Å². The van der Waals surface area contributed by atoms with Gasteiger partial charge < -0.3 is 10.8 Å². The van der Waals surface area contributed by atoms with Gasteiger partial charge in [-0.25, -0.2) is 4.79 Å². The van der Waals surface area contributed by atoms with E-state index < -0.39 is 12.0 Å². The molecule has 7 heavy (non-hydrogen) atoms. The Balaban J connectivity index is 3.63. The van der Waals surface area contributed by atoms with E-state index in [4.69, 9.17) is 10.8 Å². The number of carboxylic acid groups (broad SMARTS) is 1. The minimum Gasteiger partial charge on any atom is -0.479 e. The first-order valence-electron chi connectivity index (χ1n) is 1.63. The molecule has 0 aromatic carbocycles. The topological polar surface area (TPSA) is 63.3 Å². The van der Waals surface area contributed by atoms with Crippen molar-refractivity contribution in [3.05, 3.63) is 0 Å². The highest BCUT2D eigenvalue weighted by atomic mass is 16.4. The number of terminal acetylenes is 1. The summed E-state index contributed by atoms with van der Waals surface area (Å²) in [6, 6.07) is -1.15. The molecule has 0 fully saturated rings. The quantitative estimate of drug-likeness (QED) is 0.416. The predicted octanol–water partition coefficient (Wildman–Crippen LogP) is -0.969. The Morgan fingerprint density at radius 1 is 2.00 bits per heavy atom. The molecule has 0 rings (SSSR count). The van der Waals surface area contributed by atoms with E-state index in [0.717, 1.165) is 0 Å². The zero-order chi connectivity index (χ0) is 5.86. The lowest BCUT2D eigenvalue weighted by atomic mass is 10.3. The summed E-state index contributed by atoms with van der Waals surface area (Å²) in [4.78, 5) is 9.66. The van der Waals surface area contributed by atoms with Gasteiger partial charge in [0, 0.05) is 0 Å². The third kappa shape index (κ3) is 1.79. The maximum atomic E-state index is 9.66. The maximum absolute atomic E-state index is 9.66. The molecule has 3 nitrogen and oxygen atoms in total. The van der Waals surface area contributed by atoms with E-state index in [-0.39, 0.29) is 0 Å². The zero-order valence-corrected chi connectivity index (χ0v) is 3.59. The minimum atomic E-state index is -1.16. The molecule has 0 saturated carbocycles. The Morgan fingerprint density at radius 2 is 2.43 bits per heavy atom. The zero-order valence-electron chi connectivity index (χ0n) is 3.59. The molecule has 0 amide bonds. The van der Waals surface area contributed by atoms with E-state index in [1.807, 2.05) is 5.92 Å². The highest BCUT2D eigenvalue weighted by Gasteiger charge is 2.03. The largest absolute Gasteiger partial charge is 0.479 e. The highest BCUT2D eigenvalue weighted by molar-refractivity contribution is 5.76. The molecule has 0 spiro atoms. The number of aliphatic carboxylic acids is 1. The van der Waals surface area contributed by atoms with Crippen LogP contribution in [0.1, 0.15) is 0 Å². The van der Waals surface area contributed by atoms with Crippen molar-refractivity contribution in [2.75, 3.05) is 0 Å². The van der Waals surface area contributed by atoms with Crippen LogP contribution in [0.2, 0.25) is 0 Å². The van der Waals surface area contributed by atoms with Crippen LogP contribution < -0.4 is 5.73 Å². The van der Waals surface area contributed by atoms with Crippen LogP contribution in [-0.2, 0) is 4.79 Å². The molecule has 0 unspecified atom stereocenters. The van der Waals surface area contributed by atoms with Crippen LogP contribution >= 0.6 is 0 Å². The molecule has 0 aromatic heterocycles. The molecule has 0 radical (unpaired) electrons. The molecule has 3 heteroatoms. The van der Waals surface area contributed by atoms with E-state index >= 15 is 0 Å². The van der Waals surface area contributed by atoms with E-state index in [1.54, 1.807) is 0 Å². The number of hydrogen-bond acceptors (Lipinski definition) is 2. The number of carbonyl (C=O) groups is 1. The summed E-state index contributed by atoms with van der Waals surface area (Å²) in [6.45, 7) is 0. The van der Waals surface area contributed by atoms with Crippen LogP contribution in [0, 0.1) is 12.3 Å². The lowest BCUT2D eigenvalue weighted by molar-refractivity contribution is -0.137. The fraction of sp³-hybridized carbons (Fsp3) is 0.250. The molecule has 38 valence electrons. The fourth-order valence-electron chi connectivity index (χ4n) is 0.0713. The normalized spacial score (nSPS) is 12.0. The lowest BCUT2D eigenvalue weighted by Gasteiger charge is -1.90. The number of carboxylic acids is 1. The van der Waals surface area contributed by atoms with Crippen molar-refractivity contribution < 1.29 is 9.90 Å². The Labute approximate surface area is 41.1 Å². The van der Waals surface area contributed by atoms with Crippen LogP contribution in [0.4, 0.5) is 0 Å². The van der Waals surface area contributed by atoms with Crippen molar-refractivity contribution in [3.63, 3.8) is 0 Å². The van der Waals surface area contributed by atoms with Crippen molar-refractivity contribution in [1.82, 2.24) is 0 Å². The smallest absolute Gasteiger partial charge is 0.333 e. The van der Waals surface area contributed by atoms with Gasteiger partial charge in [0.25, 0.3) is 0 Å². The average molecular weight is 99.1 g/mol. The summed E-state index contributed by atoms with van der Waals surface area (Å²) >= 11 is 0. The van der Waals surface area contributed by atoms with Gasteiger partial charge >= 0.3 is 5.97 Å². The Kier molecular flexibility index (Phi) is 1.89. The first-order valence-corrected chi connectivity index (χ1v) is 1.63. The molecular formula is C4H5NO2. The molecule has 0 aliphatic carbocycles. The van der Waals surface area contributed by atoms with E-state index in [0.29, 0.717) is 0 Å². The van der Waals surface area contributed by atoms with Crippen LogP contribution in [0.3, 0.4) is 0 Å². The van der Waals surface area contributed by atoms with E-state index in [2.05, 4.69) is 6.42 Å². The molecule has 3 N–H and O–H groups in total. The number of hydrogen-bond donors (Lipinski definition) is 2. The van der Waals surface area contributed by atoms with E-state index in [1.165, 1.54) is 0 Å². The summed E-state index contributed by atoms with van der Waals surface area (Å²) in [7, 11) is 0. The summed E-state index contributed by atoms with van der Waals surface area (Å²) in [6.07, 6.45) is 4.62. The second-order valence-electron chi connectivity index (χ2n) is 0.983. The van der Waals surface area contributed by atoms with Gasteiger partial charge in [0.15, 0.2) is 6.04 Å².